The third-order valence-electron chi connectivity index (χ3n) is 6.96. The predicted octanol–water partition coefficient (Wildman–Crippen LogP) is 2.65. The van der Waals surface area contributed by atoms with Gasteiger partial charge in [-0.05, 0) is 36.4 Å². The van der Waals surface area contributed by atoms with Crippen LogP contribution in [-0.4, -0.2) is 110 Å². The van der Waals surface area contributed by atoms with E-state index < -0.39 is 61.7 Å². The second kappa shape index (κ2) is 16.7. The lowest BCUT2D eigenvalue weighted by molar-refractivity contribution is -0.137. The Hall–Kier alpha value is -6.00. The SMILES string of the molecule is O=C(O)CN(CC(=O)O)c1ccc2c(c1)OCCN(CC(=O)O)c1ccc(F)cc1OCCOc1cc(F)ccc1N(CC(=O)O)CCO2. The minimum Gasteiger partial charge on any atom is -0.488 e. The molecule has 0 bridgehead atoms. The first-order valence-electron chi connectivity index (χ1n) is 14.8. The van der Waals surface area contributed by atoms with E-state index in [9.17, 15) is 48.4 Å². The van der Waals surface area contributed by atoms with Crippen LogP contribution in [-0.2, 0) is 19.2 Å². The molecule has 0 atom stereocenters. The highest BCUT2D eigenvalue weighted by Gasteiger charge is 2.22. The second-order valence-corrected chi connectivity index (χ2v) is 10.5. The lowest BCUT2D eigenvalue weighted by Gasteiger charge is -2.27. The number of carboxylic acids is 4. The molecule has 1 aliphatic heterocycles. The number of fused-ring (bicyclic) bond motifs is 3. The van der Waals surface area contributed by atoms with Gasteiger partial charge in [0.05, 0.1) is 24.5 Å². The summed E-state index contributed by atoms with van der Waals surface area (Å²) < 4.78 is 52.0. The van der Waals surface area contributed by atoms with Crippen molar-refractivity contribution in [3.8, 4) is 23.0 Å². The Bertz CT molecular complexity index is 1660. The van der Waals surface area contributed by atoms with Gasteiger partial charge in [-0.2, -0.15) is 0 Å². The molecule has 3 aromatic rings. The Kier molecular flexibility index (Phi) is 12.2. The number of ether oxygens (including phenoxy) is 4. The van der Waals surface area contributed by atoms with Crippen molar-refractivity contribution >= 4 is 40.9 Å². The van der Waals surface area contributed by atoms with Gasteiger partial charge in [0.15, 0.2) is 11.5 Å². The fourth-order valence-electron chi connectivity index (χ4n) is 4.95. The quantitative estimate of drug-likeness (QED) is 0.256. The molecular formula is C32H33F2N3O12. The molecule has 0 aromatic heterocycles. The topological polar surface area (TPSA) is 196 Å². The molecule has 0 spiro atoms. The first kappa shape index (κ1) is 35.8. The van der Waals surface area contributed by atoms with E-state index in [4.69, 9.17) is 18.9 Å². The highest BCUT2D eigenvalue weighted by atomic mass is 19.1. The molecule has 0 fully saturated rings. The number of hydrogen-bond donors (Lipinski definition) is 4. The maximum atomic E-state index is 14.3. The molecule has 0 saturated carbocycles. The number of carbonyl (C=O) groups is 4. The molecule has 17 heteroatoms. The van der Waals surface area contributed by atoms with Gasteiger partial charge < -0.3 is 54.1 Å². The summed E-state index contributed by atoms with van der Waals surface area (Å²) in [6.07, 6.45) is 0. The molecule has 0 amide bonds. The van der Waals surface area contributed by atoms with E-state index in [0.717, 1.165) is 29.2 Å². The molecule has 4 N–H and O–H groups in total. The summed E-state index contributed by atoms with van der Waals surface area (Å²) in [7, 11) is 0. The second-order valence-electron chi connectivity index (χ2n) is 10.5. The molecule has 1 heterocycles. The highest BCUT2D eigenvalue weighted by Crippen LogP contribution is 2.34. The number of benzene rings is 3. The molecule has 0 aliphatic carbocycles. The third kappa shape index (κ3) is 10.5. The zero-order valence-electron chi connectivity index (χ0n) is 25.9. The zero-order valence-corrected chi connectivity index (χ0v) is 25.9. The van der Waals surface area contributed by atoms with Crippen molar-refractivity contribution in [1.29, 1.82) is 0 Å². The molecule has 3 aromatic carbocycles. The average molecular weight is 690 g/mol. The van der Waals surface area contributed by atoms with E-state index >= 15 is 0 Å². The normalized spacial score (nSPS) is 13.8. The molecule has 0 saturated heterocycles. The average Bonchev–Trinajstić information content (AvgIpc) is 3.01. The number of hydrogen-bond acceptors (Lipinski definition) is 11. The first-order valence-corrected chi connectivity index (χ1v) is 14.8. The van der Waals surface area contributed by atoms with Gasteiger partial charge in [-0.3, -0.25) is 19.2 Å². The fourth-order valence-corrected chi connectivity index (χ4v) is 4.95. The summed E-state index contributed by atoms with van der Waals surface area (Å²) in [6.45, 7) is -3.19. The van der Waals surface area contributed by atoms with Crippen molar-refractivity contribution in [3.05, 3.63) is 66.2 Å². The number of anilines is 3. The largest absolute Gasteiger partial charge is 0.488 e. The van der Waals surface area contributed by atoms with Gasteiger partial charge >= 0.3 is 23.9 Å². The maximum absolute atomic E-state index is 14.3. The fraction of sp³-hybridized carbons (Fsp3) is 0.312. The van der Waals surface area contributed by atoms with Gasteiger partial charge in [0.1, 0.15) is 75.7 Å². The van der Waals surface area contributed by atoms with Gasteiger partial charge in [-0.25, -0.2) is 8.78 Å². The van der Waals surface area contributed by atoms with Gasteiger partial charge in [-0.15, -0.1) is 0 Å². The summed E-state index contributed by atoms with van der Waals surface area (Å²) in [5, 5.41) is 37.9. The minimum absolute atomic E-state index is 0.0109. The van der Waals surface area contributed by atoms with E-state index in [2.05, 4.69) is 0 Å². The maximum Gasteiger partial charge on any atom is 0.323 e. The van der Waals surface area contributed by atoms with Crippen LogP contribution in [0.1, 0.15) is 0 Å². The van der Waals surface area contributed by atoms with Crippen LogP contribution in [0.25, 0.3) is 0 Å². The van der Waals surface area contributed by atoms with E-state index in [1.54, 1.807) is 0 Å². The number of carboxylic acid groups (broad SMARTS) is 4. The van der Waals surface area contributed by atoms with E-state index in [0.29, 0.717) is 0 Å². The Morgan fingerprint density at radius 2 is 1.02 bits per heavy atom. The Morgan fingerprint density at radius 3 is 1.47 bits per heavy atom. The van der Waals surface area contributed by atoms with Crippen LogP contribution >= 0.6 is 0 Å². The lowest BCUT2D eigenvalue weighted by atomic mass is 10.2. The zero-order chi connectivity index (χ0) is 35.5. The highest BCUT2D eigenvalue weighted by molar-refractivity contribution is 5.80. The molecule has 49 heavy (non-hydrogen) atoms. The number of rotatable bonds is 9. The summed E-state index contributed by atoms with van der Waals surface area (Å²) in [6, 6.07) is 11.2. The number of nitrogens with zero attached hydrogens (tertiary/aromatic N) is 3. The van der Waals surface area contributed by atoms with Crippen LogP contribution in [0, 0.1) is 11.6 Å². The summed E-state index contributed by atoms with van der Waals surface area (Å²) in [4.78, 5) is 50.3. The predicted molar refractivity (Wildman–Crippen MR) is 168 cm³/mol. The van der Waals surface area contributed by atoms with Crippen LogP contribution in [0.15, 0.2) is 54.6 Å². The monoisotopic (exact) mass is 689 g/mol. The Labute approximate surface area is 278 Å². The van der Waals surface area contributed by atoms with Gasteiger partial charge in [0.2, 0.25) is 0 Å². The lowest BCUT2D eigenvalue weighted by Crippen LogP contribution is -2.35. The van der Waals surface area contributed by atoms with Crippen LogP contribution in [0.2, 0.25) is 0 Å². The van der Waals surface area contributed by atoms with Gasteiger partial charge in [-0.1, -0.05) is 0 Å². The van der Waals surface area contributed by atoms with Crippen molar-refractivity contribution in [3.63, 3.8) is 0 Å². The molecule has 0 unspecified atom stereocenters. The summed E-state index contributed by atoms with van der Waals surface area (Å²) >= 11 is 0. The van der Waals surface area contributed by atoms with Crippen LogP contribution in [0.4, 0.5) is 25.8 Å². The van der Waals surface area contributed by atoms with Crippen LogP contribution in [0.3, 0.4) is 0 Å². The molecular weight excluding hydrogens is 656 g/mol. The van der Waals surface area contributed by atoms with Crippen molar-refractivity contribution in [2.75, 3.05) is 80.4 Å². The van der Waals surface area contributed by atoms with Gasteiger partial charge in [0, 0.05) is 23.9 Å². The molecule has 15 nitrogen and oxygen atoms in total. The number of aliphatic carboxylic acids is 4. The first-order chi connectivity index (χ1) is 23.4. The summed E-state index contributed by atoms with van der Waals surface area (Å²) in [5.41, 5.74) is 0.579. The van der Waals surface area contributed by atoms with E-state index in [1.165, 1.54) is 40.1 Å². The van der Waals surface area contributed by atoms with Gasteiger partial charge in [0.25, 0.3) is 0 Å². The van der Waals surface area contributed by atoms with Crippen molar-refractivity contribution < 1.29 is 67.3 Å². The van der Waals surface area contributed by atoms with Crippen molar-refractivity contribution in [2.24, 2.45) is 0 Å². The van der Waals surface area contributed by atoms with Crippen LogP contribution in [0.5, 0.6) is 23.0 Å². The van der Waals surface area contributed by atoms with E-state index in [1.807, 2.05) is 0 Å². The molecule has 1 aliphatic rings. The smallest absolute Gasteiger partial charge is 0.323 e. The van der Waals surface area contributed by atoms with Crippen LogP contribution < -0.4 is 33.6 Å². The summed E-state index contributed by atoms with van der Waals surface area (Å²) in [5.74, 6) is -6.22. The van der Waals surface area contributed by atoms with Crippen molar-refractivity contribution in [1.82, 2.24) is 0 Å². The Morgan fingerprint density at radius 1 is 0.571 bits per heavy atom. The standard InChI is InChI=1S/C32H33F2N3O12/c33-20-1-4-23-26(13-20)48-11-12-49-27-14-21(34)2-5-24(27)36(17-30(40)41)8-10-47-28-15-22(37(18-31(42)43)19-32(44)45)3-6-25(28)46-9-7-35(23)16-29(38)39/h1-6,13-15H,7-12,16-19H2,(H,38,39)(H,40,41)(H,42,43)(H,44,45). The third-order valence-corrected chi connectivity index (χ3v) is 6.96. The minimum atomic E-state index is -1.29. The van der Waals surface area contributed by atoms with Crippen molar-refractivity contribution in [2.45, 2.75) is 0 Å². The van der Waals surface area contributed by atoms with E-state index in [-0.39, 0.29) is 79.6 Å². The molecule has 262 valence electrons. The number of halogens is 2. The molecule has 0 radical (unpaired) electrons. The Balaban J connectivity index is 1.76. The molecule has 4 rings (SSSR count).